The quantitative estimate of drug-likeness (QED) is 0.749. The number of benzene rings is 1. The molecular formula is C12H15NO5S. The number of hydrogen-bond donors (Lipinski definition) is 2. The minimum Gasteiger partial charge on any atom is -0.507 e. The van der Waals surface area contributed by atoms with Gasteiger partial charge in [-0.05, 0) is 18.6 Å². The van der Waals surface area contributed by atoms with Crippen molar-refractivity contribution in [1.82, 2.24) is 0 Å². The van der Waals surface area contributed by atoms with Crippen LogP contribution in [0.15, 0.2) is 29.3 Å². The van der Waals surface area contributed by atoms with Crippen molar-refractivity contribution >= 4 is 22.0 Å². The van der Waals surface area contributed by atoms with Gasteiger partial charge in [0.25, 0.3) is 0 Å². The number of aliphatic imine (C=N–C) groups is 1. The number of hydrogen-bond acceptors (Lipinski definition) is 5. The number of aliphatic carboxylic acids is 1. The maximum absolute atomic E-state index is 11.0. The molecule has 0 aromatic heterocycles. The first-order valence-electron chi connectivity index (χ1n) is 5.51. The van der Waals surface area contributed by atoms with E-state index < -0.39 is 21.8 Å². The van der Waals surface area contributed by atoms with E-state index >= 15 is 0 Å². The number of carboxylic acid groups (broad SMARTS) is 1. The van der Waals surface area contributed by atoms with Crippen LogP contribution in [-0.2, 0) is 14.6 Å². The van der Waals surface area contributed by atoms with Gasteiger partial charge in [0.2, 0.25) is 0 Å². The van der Waals surface area contributed by atoms with E-state index in [2.05, 4.69) is 4.99 Å². The molecule has 0 fully saturated rings. The topological polar surface area (TPSA) is 104 Å². The highest BCUT2D eigenvalue weighted by Crippen LogP contribution is 2.13. The van der Waals surface area contributed by atoms with Gasteiger partial charge < -0.3 is 10.2 Å². The summed E-state index contributed by atoms with van der Waals surface area (Å²) in [5.41, 5.74) is 0.383. The lowest BCUT2D eigenvalue weighted by atomic mass is 10.2. The van der Waals surface area contributed by atoms with Crippen molar-refractivity contribution in [2.24, 2.45) is 4.99 Å². The fourth-order valence-corrected chi connectivity index (χ4v) is 2.01. The third-order valence-corrected chi connectivity index (χ3v) is 3.35. The Morgan fingerprint density at radius 1 is 1.42 bits per heavy atom. The standard InChI is InChI=1S/C12H15NO5S/c1-19(17,18)7-6-10(12(15)16)13-8-9-4-2-3-5-11(9)14/h2-5,8,10,14H,6-7H2,1H3,(H,15,16)/t10-/m0/s1. The second-order valence-electron chi connectivity index (χ2n) is 4.11. The maximum Gasteiger partial charge on any atom is 0.328 e. The lowest BCUT2D eigenvalue weighted by molar-refractivity contribution is -0.138. The molecule has 2 N–H and O–H groups in total. The molecule has 0 unspecified atom stereocenters. The molecule has 0 bridgehead atoms. The second-order valence-corrected chi connectivity index (χ2v) is 6.37. The van der Waals surface area contributed by atoms with Crippen LogP contribution in [0, 0.1) is 0 Å². The third kappa shape index (κ3) is 5.52. The molecule has 6 nitrogen and oxygen atoms in total. The highest BCUT2D eigenvalue weighted by molar-refractivity contribution is 7.90. The van der Waals surface area contributed by atoms with Crippen molar-refractivity contribution in [2.75, 3.05) is 12.0 Å². The molecule has 0 saturated heterocycles. The van der Waals surface area contributed by atoms with Crippen LogP contribution < -0.4 is 0 Å². The number of sulfone groups is 1. The summed E-state index contributed by atoms with van der Waals surface area (Å²) in [6.45, 7) is 0. The zero-order valence-corrected chi connectivity index (χ0v) is 11.2. The van der Waals surface area contributed by atoms with Crippen molar-refractivity contribution in [1.29, 1.82) is 0 Å². The van der Waals surface area contributed by atoms with Crippen LogP contribution in [0.3, 0.4) is 0 Å². The SMILES string of the molecule is CS(=O)(=O)CC[C@H](N=Cc1ccccc1O)C(=O)O. The van der Waals surface area contributed by atoms with Crippen LogP contribution in [-0.4, -0.2) is 48.9 Å². The van der Waals surface area contributed by atoms with Crippen molar-refractivity contribution in [3.8, 4) is 5.75 Å². The van der Waals surface area contributed by atoms with E-state index in [1.165, 1.54) is 12.3 Å². The summed E-state index contributed by atoms with van der Waals surface area (Å²) in [5.74, 6) is -1.46. The molecule has 0 spiro atoms. The number of para-hydroxylation sites is 1. The Labute approximate surface area is 111 Å². The summed E-state index contributed by atoms with van der Waals surface area (Å²) in [6, 6.07) is 5.19. The predicted octanol–water partition coefficient (Wildman–Crippen LogP) is 0.699. The number of rotatable bonds is 6. The minimum absolute atomic E-state index is 0.0153. The van der Waals surface area contributed by atoms with Gasteiger partial charge in [0.1, 0.15) is 21.6 Å². The number of phenolic OH excluding ortho intramolecular Hbond substituents is 1. The molecule has 7 heteroatoms. The van der Waals surface area contributed by atoms with Gasteiger partial charge in [-0.1, -0.05) is 12.1 Å². The molecule has 0 heterocycles. The number of carbonyl (C=O) groups is 1. The van der Waals surface area contributed by atoms with E-state index in [9.17, 15) is 18.3 Å². The summed E-state index contributed by atoms with van der Waals surface area (Å²) in [4.78, 5) is 14.8. The highest BCUT2D eigenvalue weighted by Gasteiger charge is 2.17. The molecule has 1 aromatic carbocycles. The van der Waals surface area contributed by atoms with Gasteiger partial charge >= 0.3 is 5.97 Å². The molecule has 19 heavy (non-hydrogen) atoms. The summed E-state index contributed by atoms with van der Waals surface area (Å²) >= 11 is 0. The van der Waals surface area contributed by atoms with Crippen molar-refractivity contribution in [3.05, 3.63) is 29.8 Å². The highest BCUT2D eigenvalue weighted by atomic mass is 32.2. The summed E-state index contributed by atoms with van der Waals surface area (Å²) < 4.78 is 22.0. The van der Waals surface area contributed by atoms with Gasteiger partial charge in [0.15, 0.2) is 0 Å². The smallest absolute Gasteiger partial charge is 0.328 e. The van der Waals surface area contributed by atoms with Gasteiger partial charge in [-0.2, -0.15) is 0 Å². The molecule has 0 aliphatic heterocycles. The van der Waals surface area contributed by atoms with Crippen LogP contribution in [0.25, 0.3) is 0 Å². The number of aromatic hydroxyl groups is 1. The van der Waals surface area contributed by atoms with E-state index in [0.29, 0.717) is 5.56 Å². The molecule has 0 aliphatic carbocycles. The van der Waals surface area contributed by atoms with E-state index in [4.69, 9.17) is 5.11 Å². The second kappa shape index (κ2) is 6.33. The Bertz CT molecular complexity index is 580. The normalized spacial score (nSPS) is 13.5. The maximum atomic E-state index is 11.0. The van der Waals surface area contributed by atoms with Crippen molar-refractivity contribution in [2.45, 2.75) is 12.5 Å². The molecule has 1 aromatic rings. The molecule has 1 rings (SSSR count). The summed E-state index contributed by atoms with van der Waals surface area (Å²) in [6.07, 6.45) is 2.17. The lowest BCUT2D eigenvalue weighted by Gasteiger charge is -2.06. The Kier molecular flexibility index (Phi) is 5.05. The monoisotopic (exact) mass is 285 g/mol. The lowest BCUT2D eigenvalue weighted by Crippen LogP contribution is -2.21. The molecule has 0 aliphatic rings. The van der Waals surface area contributed by atoms with Crippen LogP contribution >= 0.6 is 0 Å². The Balaban J connectivity index is 2.79. The summed E-state index contributed by atoms with van der Waals surface area (Å²) in [5, 5.41) is 18.4. The van der Waals surface area contributed by atoms with Crippen LogP contribution in [0.5, 0.6) is 5.75 Å². The Morgan fingerprint density at radius 3 is 2.58 bits per heavy atom. The first-order chi connectivity index (χ1) is 8.79. The Hall–Kier alpha value is -1.89. The van der Waals surface area contributed by atoms with E-state index in [0.717, 1.165) is 6.26 Å². The fraction of sp³-hybridized carbons (Fsp3) is 0.333. The van der Waals surface area contributed by atoms with Gasteiger partial charge in [0.05, 0.1) is 5.75 Å². The first-order valence-corrected chi connectivity index (χ1v) is 7.57. The fourth-order valence-electron chi connectivity index (χ4n) is 1.35. The van der Waals surface area contributed by atoms with E-state index in [1.807, 2.05) is 0 Å². The molecule has 104 valence electrons. The number of phenols is 1. The molecule has 0 amide bonds. The van der Waals surface area contributed by atoms with Crippen LogP contribution in [0.4, 0.5) is 0 Å². The van der Waals surface area contributed by atoms with Crippen LogP contribution in [0.2, 0.25) is 0 Å². The zero-order chi connectivity index (χ0) is 14.5. The molecule has 0 saturated carbocycles. The van der Waals surface area contributed by atoms with Crippen molar-refractivity contribution in [3.63, 3.8) is 0 Å². The Morgan fingerprint density at radius 2 is 2.05 bits per heavy atom. The van der Waals surface area contributed by atoms with Gasteiger partial charge in [-0.25, -0.2) is 13.2 Å². The van der Waals surface area contributed by atoms with Gasteiger partial charge in [-0.3, -0.25) is 4.99 Å². The zero-order valence-electron chi connectivity index (χ0n) is 10.4. The molecular weight excluding hydrogens is 270 g/mol. The van der Waals surface area contributed by atoms with Gasteiger partial charge in [0, 0.05) is 18.0 Å². The average molecular weight is 285 g/mol. The van der Waals surface area contributed by atoms with Gasteiger partial charge in [-0.15, -0.1) is 0 Å². The number of carboxylic acids is 1. The third-order valence-electron chi connectivity index (χ3n) is 2.38. The van der Waals surface area contributed by atoms with E-state index in [1.54, 1.807) is 18.2 Å². The average Bonchev–Trinajstić information content (AvgIpc) is 2.29. The molecule has 0 radical (unpaired) electrons. The predicted molar refractivity (Wildman–Crippen MR) is 71.5 cm³/mol. The molecule has 1 atom stereocenters. The first kappa shape index (κ1) is 15.2. The number of nitrogens with zero attached hydrogens (tertiary/aromatic N) is 1. The summed E-state index contributed by atoms with van der Waals surface area (Å²) in [7, 11) is -3.23. The van der Waals surface area contributed by atoms with Crippen molar-refractivity contribution < 1.29 is 23.4 Å². The largest absolute Gasteiger partial charge is 0.507 e. The van der Waals surface area contributed by atoms with Crippen LogP contribution in [0.1, 0.15) is 12.0 Å². The minimum atomic E-state index is -3.23. The van der Waals surface area contributed by atoms with E-state index in [-0.39, 0.29) is 17.9 Å².